The lowest BCUT2D eigenvalue weighted by molar-refractivity contribution is -0.161. The quantitative estimate of drug-likeness (QED) is 0.561. The molecule has 34 heavy (non-hydrogen) atoms. The lowest BCUT2D eigenvalue weighted by Crippen LogP contribution is -2.56. The summed E-state index contributed by atoms with van der Waals surface area (Å²) in [6, 6.07) is 16.3. The Hall–Kier alpha value is -3.35. The largest absolute Gasteiger partial charge is 0.480 e. The zero-order chi connectivity index (χ0) is 25.1. The smallest absolute Gasteiger partial charge is 0.407 e. The molecule has 0 atom stereocenters. The van der Waals surface area contributed by atoms with Crippen molar-refractivity contribution in [3.8, 4) is 11.1 Å². The van der Waals surface area contributed by atoms with Gasteiger partial charge in [-0.2, -0.15) is 0 Å². The first-order chi connectivity index (χ1) is 16.0. The number of amides is 2. The minimum absolute atomic E-state index is 0.0208. The molecular weight excluding hydrogens is 432 g/mol. The van der Waals surface area contributed by atoms with Crippen LogP contribution in [0, 0.1) is 5.41 Å². The first kappa shape index (κ1) is 25.3. The second-order valence-electron chi connectivity index (χ2n) is 9.80. The molecule has 182 valence electrons. The van der Waals surface area contributed by atoms with Gasteiger partial charge in [0.25, 0.3) is 0 Å². The summed E-state index contributed by atoms with van der Waals surface area (Å²) in [5.74, 6) is -1.35. The molecule has 1 aliphatic rings. The maximum absolute atomic E-state index is 13.1. The molecule has 2 aromatic carbocycles. The number of alkyl carbamates (subject to hydrolysis) is 1. The number of likely N-dealkylation sites (N-methyl/N-ethyl adjacent to an activating group) is 1. The SMILES string of the molecule is CCN(C(=O)C(C)(C)CCNC(=O)OCC1c2ccccc2-c2ccccc21)C(C)(C)C(=O)O. The molecule has 3 rings (SSSR count). The van der Waals surface area contributed by atoms with Gasteiger partial charge in [0.1, 0.15) is 12.1 Å². The number of rotatable bonds is 9. The number of carbonyl (C=O) groups is 3. The van der Waals surface area contributed by atoms with E-state index in [9.17, 15) is 19.5 Å². The van der Waals surface area contributed by atoms with Crippen molar-refractivity contribution in [1.82, 2.24) is 10.2 Å². The molecule has 0 saturated heterocycles. The molecule has 0 fully saturated rings. The molecule has 0 heterocycles. The van der Waals surface area contributed by atoms with Crippen LogP contribution in [0.5, 0.6) is 0 Å². The van der Waals surface area contributed by atoms with E-state index in [0.717, 1.165) is 22.3 Å². The Kier molecular flexibility index (Phi) is 7.34. The predicted octanol–water partition coefficient (Wildman–Crippen LogP) is 4.65. The number of nitrogens with one attached hydrogen (secondary N) is 1. The third-order valence-electron chi connectivity index (χ3n) is 6.70. The predicted molar refractivity (Wildman–Crippen MR) is 131 cm³/mol. The summed E-state index contributed by atoms with van der Waals surface area (Å²) in [5.41, 5.74) is 2.45. The van der Waals surface area contributed by atoms with Crippen LogP contribution in [0.2, 0.25) is 0 Å². The highest BCUT2D eigenvalue weighted by atomic mass is 16.5. The van der Waals surface area contributed by atoms with E-state index in [4.69, 9.17) is 4.74 Å². The summed E-state index contributed by atoms with van der Waals surface area (Å²) in [7, 11) is 0. The van der Waals surface area contributed by atoms with Crippen LogP contribution in [0.25, 0.3) is 11.1 Å². The Balaban J connectivity index is 1.56. The molecular formula is C27H34N2O5. The summed E-state index contributed by atoms with van der Waals surface area (Å²) in [6.07, 6.45) is -0.189. The lowest BCUT2D eigenvalue weighted by Gasteiger charge is -2.39. The third-order valence-corrected chi connectivity index (χ3v) is 6.70. The number of carboxylic acid groups (broad SMARTS) is 1. The number of fused-ring (bicyclic) bond motifs is 3. The maximum atomic E-state index is 13.1. The Morgan fingerprint density at radius 2 is 1.50 bits per heavy atom. The van der Waals surface area contributed by atoms with Crippen molar-refractivity contribution < 1.29 is 24.2 Å². The Labute approximate surface area is 201 Å². The van der Waals surface area contributed by atoms with Crippen molar-refractivity contribution >= 4 is 18.0 Å². The number of benzene rings is 2. The summed E-state index contributed by atoms with van der Waals surface area (Å²) in [5, 5.41) is 12.2. The van der Waals surface area contributed by atoms with E-state index in [0.29, 0.717) is 6.42 Å². The first-order valence-electron chi connectivity index (χ1n) is 11.6. The summed E-state index contributed by atoms with van der Waals surface area (Å²) >= 11 is 0. The van der Waals surface area contributed by atoms with Crippen molar-refractivity contribution in [2.45, 2.75) is 52.5 Å². The van der Waals surface area contributed by atoms with Gasteiger partial charge in [0, 0.05) is 24.4 Å². The van der Waals surface area contributed by atoms with E-state index in [1.54, 1.807) is 20.8 Å². The van der Waals surface area contributed by atoms with Gasteiger partial charge in [0.05, 0.1) is 0 Å². The topological polar surface area (TPSA) is 95.9 Å². The van der Waals surface area contributed by atoms with E-state index < -0.39 is 23.0 Å². The molecule has 0 radical (unpaired) electrons. The second kappa shape index (κ2) is 9.87. The van der Waals surface area contributed by atoms with Gasteiger partial charge in [-0.05, 0) is 49.4 Å². The number of carbonyl (C=O) groups excluding carboxylic acids is 2. The molecule has 0 saturated carbocycles. The molecule has 0 spiro atoms. The second-order valence-corrected chi connectivity index (χ2v) is 9.80. The standard InChI is InChI=1S/C27H34N2O5/c1-6-29(27(4,5)24(31)32)23(30)26(2,3)15-16-28-25(33)34-17-22-20-13-9-7-11-18(20)19-12-8-10-14-21(19)22/h7-14,22H,6,15-17H2,1-5H3,(H,28,33)(H,31,32). The van der Waals surface area contributed by atoms with Crippen molar-refractivity contribution in [1.29, 1.82) is 0 Å². The normalized spacial score (nSPS) is 13.1. The molecule has 0 aliphatic heterocycles. The van der Waals surface area contributed by atoms with Gasteiger partial charge in [-0.1, -0.05) is 62.4 Å². The Morgan fingerprint density at radius 3 is 2.00 bits per heavy atom. The molecule has 1 aliphatic carbocycles. The van der Waals surface area contributed by atoms with Gasteiger partial charge in [-0.25, -0.2) is 9.59 Å². The number of aliphatic carboxylic acids is 1. The molecule has 2 N–H and O–H groups in total. The van der Waals surface area contributed by atoms with E-state index in [-0.39, 0.29) is 31.5 Å². The highest BCUT2D eigenvalue weighted by molar-refractivity contribution is 5.89. The number of carboxylic acids is 1. The Morgan fingerprint density at radius 1 is 0.971 bits per heavy atom. The summed E-state index contributed by atoms with van der Waals surface area (Å²) < 4.78 is 5.55. The number of hydrogen-bond donors (Lipinski definition) is 2. The zero-order valence-electron chi connectivity index (χ0n) is 20.6. The maximum Gasteiger partial charge on any atom is 0.407 e. The minimum Gasteiger partial charge on any atom is -0.480 e. The van der Waals surface area contributed by atoms with Gasteiger partial charge in [-0.15, -0.1) is 0 Å². The van der Waals surface area contributed by atoms with Gasteiger partial charge >= 0.3 is 12.1 Å². The number of ether oxygens (including phenoxy) is 1. The van der Waals surface area contributed by atoms with Crippen molar-refractivity contribution in [3.05, 3.63) is 59.7 Å². The molecule has 0 bridgehead atoms. The van der Waals surface area contributed by atoms with Gasteiger partial charge < -0.3 is 20.1 Å². The van der Waals surface area contributed by atoms with E-state index in [1.165, 1.54) is 18.7 Å². The van der Waals surface area contributed by atoms with E-state index in [2.05, 4.69) is 29.6 Å². The fourth-order valence-electron chi connectivity index (χ4n) is 4.51. The van der Waals surface area contributed by atoms with Gasteiger partial charge in [-0.3, -0.25) is 4.79 Å². The van der Waals surface area contributed by atoms with Crippen LogP contribution in [-0.2, 0) is 14.3 Å². The average Bonchev–Trinajstić information content (AvgIpc) is 3.11. The fourth-order valence-corrected chi connectivity index (χ4v) is 4.51. The molecule has 0 aromatic heterocycles. The van der Waals surface area contributed by atoms with Crippen LogP contribution in [0.3, 0.4) is 0 Å². The third kappa shape index (κ3) is 4.93. The van der Waals surface area contributed by atoms with Crippen LogP contribution < -0.4 is 5.32 Å². The summed E-state index contributed by atoms with van der Waals surface area (Å²) in [6.45, 7) is 9.04. The van der Waals surface area contributed by atoms with Gasteiger partial charge in [0.15, 0.2) is 0 Å². The monoisotopic (exact) mass is 466 g/mol. The number of nitrogens with zero attached hydrogens (tertiary/aromatic N) is 1. The van der Waals surface area contributed by atoms with Crippen LogP contribution in [0.15, 0.2) is 48.5 Å². The van der Waals surface area contributed by atoms with Crippen molar-refractivity contribution in [2.75, 3.05) is 19.7 Å². The molecule has 2 amide bonds. The summed E-state index contributed by atoms with van der Waals surface area (Å²) in [4.78, 5) is 38.5. The first-order valence-corrected chi connectivity index (χ1v) is 11.6. The zero-order valence-corrected chi connectivity index (χ0v) is 20.6. The molecule has 7 nitrogen and oxygen atoms in total. The Bertz CT molecular complexity index is 1030. The molecule has 2 aromatic rings. The van der Waals surface area contributed by atoms with Crippen LogP contribution in [0.4, 0.5) is 4.79 Å². The van der Waals surface area contributed by atoms with Crippen LogP contribution in [0.1, 0.15) is 58.1 Å². The lowest BCUT2D eigenvalue weighted by atomic mass is 9.85. The highest BCUT2D eigenvalue weighted by Crippen LogP contribution is 2.44. The average molecular weight is 467 g/mol. The van der Waals surface area contributed by atoms with Crippen LogP contribution >= 0.6 is 0 Å². The van der Waals surface area contributed by atoms with Crippen LogP contribution in [-0.4, -0.2) is 53.2 Å². The van der Waals surface area contributed by atoms with Crippen molar-refractivity contribution in [3.63, 3.8) is 0 Å². The van der Waals surface area contributed by atoms with E-state index in [1.807, 2.05) is 24.3 Å². The van der Waals surface area contributed by atoms with E-state index >= 15 is 0 Å². The molecule has 7 heteroatoms. The fraction of sp³-hybridized carbons (Fsp3) is 0.444. The highest BCUT2D eigenvalue weighted by Gasteiger charge is 2.42. The molecule has 0 unspecified atom stereocenters. The number of hydrogen-bond acceptors (Lipinski definition) is 4. The van der Waals surface area contributed by atoms with Crippen molar-refractivity contribution in [2.24, 2.45) is 5.41 Å². The minimum atomic E-state index is -1.32. The van der Waals surface area contributed by atoms with Gasteiger partial charge in [0.2, 0.25) is 5.91 Å².